The summed E-state index contributed by atoms with van der Waals surface area (Å²) in [6, 6.07) is 9.96. The molecule has 2 rings (SSSR count). The third kappa shape index (κ3) is 1.45. The van der Waals surface area contributed by atoms with Crippen LogP contribution in [0.3, 0.4) is 0 Å². The Morgan fingerprint density at radius 1 is 1.17 bits per heavy atom. The van der Waals surface area contributed by atoms with E-state index in [-0.39, 0.29) is 0 Å². The third-order valence-electron chi connectivity index (χ3n) is 1.54. The molecule has 2 aromatic rings. The first-order valence-corrected chi connectivity index (χ1v) is 3.75. The summed E-state index contributed by atoms with van der Waals surface area (Å²) in [5, 5.41) is 0. The molecule has 0 aliphatic heterocycles. The van der Waals surface area contributed by atoms with Gasteiger partial charge in [-0.3, -0.25) is 10.1 Å². The van der Waals surface area contributed by atoms with Gasteiger partial charge in [-0.15, -0.1) is 0 Å². The van der Waals surface area contributed by atoms with E-state index in [1.54, 1.807) is 17.2 Å². The number of benzene rings is 1. The molecule has 1 N–H and O–H groups in total. The van der Waals surface area contributed by atoms with Crippen molar-refractivity contribution in [1.29, 1.82) is 0 Å². The van der Waals surface area contributed by atoms with Crippen molar-refractivity contribution in [2.45, 2.75) is 0 Å². The third-order valence-corrected chi connectivity index (χ3v) is 1.54. The summed E-state index contributed by atoms with van der Waals surface area (Å²) in [5.41, 5.74) is 4.19. The molecular formula is C9H9N3. The van der Waals surface area contributed by atoms with Crippen molar-refractivity contribution >= 4 is 5.69 Å². The van der Waals surface area contributed by atoms with Crippen LogP contribution in [0.1, 0.15) is 0 Å². The molecule has 0 aliphatic rings. The summed E-state index contributed by atoms with van der Waals surface area (Å²) in [5.74, 6) is 0. The fraction of sp³-hybridized carbons (Fsp3) is 0. The van der Waals surface area contributed by atoms with Gasteiger partial charge in [0.25, 0.3) is 0 Å². The van der Waals surface area contributed by atoms with Crippen molar-refractivity contribution < 1.29 is 0 Å². The van der Waals surface area contributed by atoms with Crippen LogP contribution in [-0.2, 0) is 0 Å². The summed E-state index contributed by atoms with van der Waals surface area (Å²) >= 11 is 0. The van der Waals surface area contributed by atoms with Gasteiger partial charge in [0.15, 0.2) is 0 Å². The van der Waals surface area contributed by atoms with Crippen molar-refractivity contribution in [1.82, 2.24) is 9.66 Å². The molecule has 0 radical (unpaired) electrons. The van der Waals surface area contributed by atoms with Crippen molar-refractivity contribution in [2.75, 3.05) is 5.43 Å². The maximum absolute atomic E-state index is 3.92. The predicted octanol–water partition coefficient (Wildman–Crippen LogP) is 1.76. The molecule has 3 heteroatoms. The second kappa shape index (κ2) is 3.09. The topological polar surface area (TPSA) is 29.9 Å². The Kier molecular flexibility index (Phi) is 1.78. The highest BCUT2D eigenvalue weighted by atomic mass is 15.4. The van der Waals surface area contributed by atoms with Crippen LogP contribution in [0.25, 0.3) is 0 Å². The van der Waals surface area contributed by atoms with E-state index in [4.69, 9.17) is 0 Å². The van der Waals surface area contributed by atoms with E-state index in [9.17, 15) is 0 Å². The number of hydrogen-bond donors (Lipinski definition) is 1. The highest BCUT2D eigenvalue weighted by Gasteiger charge is 1.88. The Balaban J connectivity index is 2.15. The molecule has 0 bridgehead atoms. The standard InChI is InChI=1S/C9H9N3/c1-2-4-9(5-3-1)11-12-7-6-10-8-12/h1-8,11H. The Hall–Kier alpha value is -1.77. The van der Waals surface area contributed by atoms with E-state index < -0.39 is 0 Å². The monoisotopic (exact) mass is 159 g/mol. The number of hydrogen-bond acceptors (Lipinski definition) is 2. The molecule has 1 heterocycles. The zero-order valence-corrected chi connectivity index (χ0v) is 6.51. The van der Waals surface area contributed by atoms with E-state index in [0.717, 1.165) is 5.69 Å². The first kappa shape index (κ1) is 6.91. The lowest BCUT2D eigenvalue weighted by molar-refractivity contribution is 0.955. The second-order valence-corrected chi connectivity index (χ2v) is 2.45. The maximum Gasteiger partial charge on any atom is 0.114 e. The molecule has 0 atom stereocenters. The minimum atomic E-state index is 1.05. The summed E-state index contributed by atoms with van der Waals surface area (Å²) < 4.78 is 1.80. The predicted molar refractivity (Wildman–Crippen MR) is 47.7 cm³/mol. The zero-order valence-electron chi connectivity index (χ0n) is 6.51. The van der Waals surface area contributed by atoms with Gasteiger partial charge in [-0.05, 0) is 12.1 Å². The van der Waals surface area contributed by atoms with Crippen LogP contribution in [0.5, 0.6) is 0 Å². The van der Waals surface area contributed by atoms with Gasteiger partial charge in [-0.1, -0.05) is 18.2 Å². The number of aromatic nitrogens is 2. The average Bonchev–Trinajstić information content (AvgIpc) is 2.59. The van der Waals surface area contributed by atoms with Crippen LogP contribution in [-0.4, -0.2) is 9.66 Å². The highest BCUT2D eigenvalue weighted by Crippen LogP contribution is 2.04. The molecular weight excluding hydrogens is 150 g/mol. The largest absolute Gasteiger partial charge is 0.293 e. The smallest absolute Gasteiger partial charge is 0.114 e. The molecule has 0 saturated heterocycles. The lowest BCUT2D eigenvalue weighted by Gasteiger charge is -2.04. The minimum Gasteiger partial charge on any atom is -0.293 e. The van der Waals surface area contributed by atoms with E-state index in [0.29, 0.717) is 0 Å². The van der Waals surface area contributed by atoms with Gasteiger partial charge in [0, 0.05) is 12.4 Å². The van der Waals surface area contributed by atoms with Crippen molar-refractivity contribution in [3.63, 3.8) is 0 Å². The first-order valence-electron chi connectivity index (χ1n) is 3.75. The molecule has 0 aliphatic carbocycles. The number of nitrogens with one attached hydrogen (secondary N) is 1. The van der Waals surface area contributed by atoms with Crippen molar-refractivity contribution in [3.8, 4) is 0 Å². The second-order valence-electron chi connectivity index (χ2n) is 2.45. The number of rotatable bonds is 2. The molecule has 60 valence electrons. The van der Waals surface area contributed by atoms with Gasteiger partial charge < -0.3 is 0 Å². The highest BCUT2D eigenvalue weighted by molar-refractivity contribution is 5.41. The van der Waals surface area contributed by atoms with Gasteiger partial charge in [0.2, 0.25) is 0 Å². The molecule has 0 spiro atoms. The molecule has 0 unspecified atom stereocenters. The summed E-state index contributed by atoms with van der Waals surface area (Å²) in [7, 11) is 0. The van der Waals surface area contributed by atoms with Crippen LogP contribution in [0, 0.1) is 0 Å². The van der Waals surface area contributed by atoms with Crippen molar-refractivity contribution in [2.24, 2.45) is 0 Å². The van der Waals surface area contributed by atoms with E-state index >= 15 is 0 Å². The van der Waals surface area contributed by atoms with Crippen LogP contribution in [0.2, 0.25) is 0 Å². The molecule has 3 nitrogen and oxygen atoms in total. The lowest BCUT2D eigenvalue weighted by atomic mass is 10.3. The summed E-state index contributed by atoms with van der Waals surface area (Å²) in [6.45, 7) is 0. The molecule has 1 aromatic carbocycles. The van der Waals surface area contributed by atoms with Crippen LogP contribution in [0.15, 0.2) is 49.1 Å². The minimum absolute atomic E-state index is 1.05. The van der Waals surface area contributed by atoms with Gasteiger partial charge in [-0.25, -0.2) is 4.98 Å². The van der Waals surface area contributed by atoms with E-state index in [1.807, 2.05) is 36.5 Å². The summed E-state index contributed by atoms with van der Waals surface area (Å²) in [4.78, 5) is 3.92. The van der Waals surface area contributed by atoms with E-state index in [1.165, 1.54) is 0 Å². The van der Waals surface area contributed by atoms with Crippen LogP contribution < -0.4 is 5.43 Å². The summed E-state index contributed by atoms with van der Waals surface area (Å²) in [6.07, 6.45) is 5.30. The van der Waals surface area contributed by atoms with Crippen LogP contribution >= 0.6 is 0 Å². The lowest BCUT2D eigenvalue weighted by Crippen LogP contribution is -2.05. The quantitative estimate of drug-likeness (QED) is 0.723. The fourth-order valence-corrected chi connectivity index (χ4v) is 0.987. The first-order chi connectivity index (χ1) is 5.95. The van der Waals surface area contributed by atoms with Gasteiger partial charge in [0.1, 0.15) is 6.33 Å². The molecule has 0 saturated carbocycles. The van der Waals surface area contributed by atoms with Gasteiger partial charge in [-0.2, -0.15) is 0 Å². The Bertz CT molecular complexity index is 326. The Morgan fingerprint density at radius 2 is 2.00 bits per heavy atom. The normalized spacial score (nSPS) is 9.67. The molecule has 1 aromatic heterocycles. The molecule has 12 heavy (non-hydrogen) atoms. The SMILES string of the molecule is c1ccc(Nn2ccnc2)cc1. The van der Waals surface area contributed by atoms with Crippen LogP contribution in [0.4, 0.5) is 5.69 Å². The van der Waals surface area contributed by atoms with Gasteiger partial charge >= 0.3 is 0 Å². The number of anilines is 1. The molecule has 0 amide bonds. The number of imidazole rings is 1. The Labute approximate surface area is 70.6 Å². The Morgan fingerprint density at radius 3 is 2.67 bits per heavy atom. The zero-order chi connectivity index (χ0) is 8.23. The average molecular weight is 159 g/mol. The van der Waals surface area contributed by atoms with Gasteiger partial charge in [0.05, 0.1) is 5.69 Å². The maximum atomic E-state index is 3.92. The molecule has 0 fully saturated rings. The van der Waals surface area contributed by atoms with E-state index in [2.05, 4.69) is 10.4 Å². The number of para-hydroxylation sites is 1. The fourth-order valence-electron chi connectivity index (χ4n) is 0.987. The number of nitrogens with zero attached hydrogens (tertiary/aromatic N) is 2. The van der Waals surface area contributed by atoms with Crippen molar-refractivity contribution in [3.05, 3.63) is 49.1 Å².